The van der Waals surface area contributed by atoms with E-state index in [9.17, 15) is 5.11 Å². The van der Waals surface area contributed by atoms with E-state index in [2.05, 4.69) is 74.5 Å². The Morgan fingerprint density at radius 1 is 0.630 bits per heavy atom. The number of benzene rings is 4. The van der Waals surface area contributed by atoms with E-state index in [0.717, 1.165) is 16.3 Å². The van der Waals surface area contributed by atoms with Crippen molar-refractivity contribution in [2.75, 3.05) is 0 Å². The molecule has 4 rings (SSSR count). The van der Waals surface area contributed by atoms with Crippen LogP contribution in [0.25, 0.3) is 10.8 Å². The predicted molar refractivity (Wildman–Crippen MR) is 114 cm³/mol. The highest BCUT2D eigenvalue weighted by atomic mass is 16.3. The first-order valence-corrected chi connectivity index (χ1v) is 9.51. The van der Waals surface area contributed by atoms with Crippen molar-refractivity contribution < 1.29 is 5.11 Å². The zero-order valence-electron chi connectivity index (χ0n) is 15.8. The van der Waals surface area contributed by atoms with Gasteiger partial charge in [0, 0.05) is 22.8 Å². The molecule has 1 heteroatoms. The van der Waals surface area contributed by atoms with Crippen molar-refractivity contribution in [2.24, 2.45) is 0 Å². The Morgan fingerprint density at radius 2 is 1.15 bits per heavy atom. The van der Waals surface area contributed by atoms with Crippen LogP contribution in [0.15, 0.2) is 91.0 Å². The largest absolute Gasteiger partial charge is 0.507 e. The number of phenolic OH excluding ortho intramolecular Hbond substituents is 1. The molecular formula is C26H24O. The van der Waals surface area contributed by atoms with Gasteiger partial charge >= 0.3 is 0 Å². The smallest absolute Gasteiger partial charge is 0.127 e. The maximum Gasteiger partial charge on any atom is 0.127 e. The lowest BCUT2D eigenvalue weighted by Crippen LogP contribution is -2.06. The van der Waals surface area contributed by atoms with Crippen molar-refractivity contribution in [3.05, 3.63) is 113 Å². The maximum absolute atomic E-state index is 11.3. The van der Waals surface area contributed by atoms with Crippen LogP contribution in [0.3, 0.4) is 0 Å². The van der Waals surface area contributed by atoms with E-state index in [1.54, 1.807) is 0 Å². The summed E-state index contributed by atoms with van der Waals surface area (Å²) in [5, 5.41) is 13.3. The molecule has 0 saturated carbocycles. The third kappa shape index (κ3) is 3.21. The molecule has 0 aromatic heterocycles. The lowest BCUT2D eigenvalue weighted by Gasteiger charge is -2.24. The van der Waals surface area contributed by atoms with Gasteiger partial charge in [-0.25, -0.2) is 0 Å². The zero-order chi connectivity index (χ0) is 18.8. The molecule has 27 heavy (non-hydrogen) atoms. The van der Waals surface area contributed by atoms with E-state index < -0.39 is 0 Å². The van der Waals surface area contributed by atoms with Crippen LogP contribution in [0.5, 0.6) is 5.75 Å². The molecule has 0 aliphatic carbocycles. The molecule has 2 atom stereocenters. The first-order valence-electron chi connectivity index (χ1n) is 9.51. The summed E-state index contributed by atoms with van der Waals surface area (Å²) < 4.78 is 0. The minimum absolute atomic E-state index is 0.108. The first-order chi connectivity index (χ1) is 13.2. The van der Waals surface area contributed by atoms with Crippen molar-refractivity contribution >= 4 is 10.8 Å². The van der Waals surface area contributed by atoms with Crippen molar-refractivity contribution in [1.29, 1.82) is 0 Å². The van der Waals surface area contributed by atoms with Gasteiger partial charge in [0.05, 0.1) is 0 Å². The predicted octanol–water partition coefficient (Wildman–Crippen LogP) is 6.85. The second-order valence-electron chi connectivity index (χ2n) is 7.21. The number of fused-ring (bicyclic) bond motifs is 1. The Bertz CT molecular complexity index is 1050. The third-order valence-corrected chi connectivity index (χ3v) is 5.59. The minimum Gasteiger partial charge on any atom is -0.507 e. The van der Waals surface area contributed by atoms with Crippen LogP contribution >= 0.6 is 0 Å². The third-order valence-electron chi connectivity index (χ3n) is 5.59. The summed E-state index contributed by atoms with van der Waals surface area (Å²) in [5.74, 6) is 0.710. The molecular weight excluding hydrogens is 328 g/mol. The minimum atomic E-state index is 0.108. The van der Waals surface area contributed by atoms with Gasteiger partial charge in [0.25, 0.3) is 0 Å². The van der Waals surface area contributed by atoms with Crippen LogP contribution in [0.1, 0.15) is 47.9 Å². The summed E-state index contributed by atoms with van der Waals surface area (Å²) in [5.41, 5.74) is 4.68. The van der Waals surface area contributed by atoms with Crippen LogP contribution in [0.4, 0.5) is 0 Å². The molecule has 0 saturated heterocycles. The standard InChI is InChI=1S/C26H24O/c1-18(20-11-5-3-6-12-20)24-17-22-15-9-10-16-23(22)26(27)25(24)19(2)21-13-7-4-8-14-21/h3-19,27H,1-2H3. The highest BCUT2D eigenvalue weighted by Gasteiger charge is 2.23. The van der Waals surface area contributed by atoms with Crippen LogP contribution < -0.4 is 0 Å². The number of phenols is 1. The molecule has 134 valence electrons. The number of aromatic hydroxyl groups is 1. The average Bonchev–Trinajstić information content (AvgIpc) is 2.74. The van der Waals surface area contributed by atoms with Gasteiger partial charge in [0.15, 0.2) is 0 Å². The summed E-state index contributed by atoms with van der Waals surface area (Å²) in [6.45, 7) is 4.40. The van der Waals surface area contributed by atoms with Crippen molar-refractivity contribution in [3.8, 4) is 5.75 Å². The molecule has 4 aromatic carbocycles. The molecule has 2 unspecified atom stereocenters. The number of hydrogen-bond donors (Lipinski definition) is 1. The molecule has 0 radical (unpaired) electrons. The van der Waals surface area contributed by atoms with Crippen LogP contribution in [-0.4, -0.2) is 5.11 Å². The van der Waals surface area contributed by atoms with E-state index in [1.165, 1.54) is 16.7 Å². The topological polar surface area (TPSA) is 20.2 Å². The van der Waals surface area contributed by atoms with E-state index in [0.29, 0.717) is 5.75 Å². The van der Waals surface area contributed by atoms with E-state index in [4.69, 9.17) is 0 Å². The van der Waals surface area contributed by atoms with Gasteiger partial charge in [0.1, 0.15) is 5.75 Å². The Kier molecular flexibility index (Phi) is 4.68. The fourth-order valence-corrected chi connectivity index (χ4v) is 4.01. The van der Waals surface area contributed by atoms with E-state index in [-0.39, 0.29) is 11.8 Å². The van der Waals surface area contributed by atoms with Gasteiger partial charge in [-0.05, 0) is 28.1 Å². The van der Waals surface area contributed by atoms with Crippen LogP contribution in [-0.2, 0) is 0 Å². The zero-order valence-corrected chi connectivity index (χ0v) is 15.8. The average molecular weight is 352 g/mol. The SMILES string of the molecule is CC(c1ccccc1)c1cc2ccccc2c(O)c1C(C)c1ccccc1. The summed E-state index contributed by atoms with van der Waals surface area (Å²) in [7, 11) is 0. The second-order valence-corrected chi connectivity index (χ2v) is 7.21. The molecule has 0 bridgehead atoms. The molecule has 0 spiro atoms. The fourth-order valence-electron chi connectivity index (χ4n) is 4.01. The molecule has 0 amide bonds. The molecule has 4 aromatic rings. The van der Waals surface area contributed by atoms with Crippen molar-refractivity contribution in [2.45, 2.75) is 25.7 Å². The Labute approximate surface area is 160 Å². The molecule has 0 heterocycles. The van der Waals surface area contributed by atoms with Crippen LogP contribution in [0, 0.1) is 0 Å². The van der Waals surface area contributed by atoms with Gasteiger partial charge in [-0.15, -0.1) is 0 Å². The van der Waals surface area contributed by atoms with E-state index >= 15 is 0 Å². The summed E-state index contributed by atoms with van der Waals surface area (Å²) >= 11 is 0. The molecule has 0 fully saturated rings. The van der Waals surface area contributed by atoms with Crippen molar-refractivity contribution in [1.82, 2.24) is 0 Å². The van der Waals surface area contributed by atoms with Gasteiger partial charge in [-0.1, -0.05) is 98.8 Å². The lowest BCUT2D eigenvalue weighted by atomic mass is 9.81. The Balaban J connectivity index is 1.96. The summed E-state index contributed by atoms with van der Waals surface area (Å²) in [6, 6.07) is 31.3. The van der Waals surface area contributed by atoms with Crippen LogP contribution in [0.2, 0.25) is 0 Å². The summed E-state index contributed by atoms with van der Waals surface area (Å²) in [6.07, 6.45) is 0. The quantitative estimate of drug-likeness (QED) is 0.426. The monoisotopic (exact) mass is 352 g/mol. The molecule has 1 N–H and O–H groups in total. The second kappa shape index (κ2) is 7.28. The molecule has 0 aliphatic rings. The molecule has 1 nitrogen and oxygen atoms in total. The normalized spacial score (nSPS) is 13.4. The Morgan fingerprint density at radius 3 is 1.78 bits per heavy atom. The van der Waals surface area contributed by atoms with Crippen molar-refractivity contribution in [3.63, 3.8) is 0 Å². The highest BCUT2D eigenvalue weighted by Crippen LogP contribution is 2.43. The van der Waals surface area contributed by atoms with Gasteiger partial charge < -0.3 is 5.11 Å². The lowest BCUT2D eigenvalue weighted by molar-refractivity contribution is 0.471. The number of rotatable bonds is 4. The first kappa shape index (κ1) is 17.4. The highest BCUT2D eigenvalue weighted by molar-refractivity contribution is 5.91. The fraction of sp³-hybridized carbons (Fsp3) is 0.154. The van der Waals surface area contributed by atoms with Gasteiger partial charge in [-0.3, -0.25) is 0 Å². The van der Waals surface area contributed by atoms with Gasteiger partial charge in [0.2, 0.25) is 0 Å². The maximum atomic E-state index is 11.3. The Hall–Kier alpha value is -3.06. The summed E-state index contributed by atoms with van der Waals surface area (Å²) in [4.78, 5) is 0. The van der Waals surface area contributed by atoms with E-state index in [1.807, 2.05) is 30.3 Å². The van der Waals surface area contributed by atoms with Gasteiger partial charge in [-0.2, -0.15) is 0 Å². The molecule has 0 aliphatic heterocycles. The number of hydrogen-bond acceptors (Lipinski definition) is 1.